The first kappa shape index (κ1) is 20.7. The Balaban J connectivity index is 2.42. The van der Waals surface area contributed by atoms with Gasteiger partial charge >= 0.3 is 6.03 Å². The smallest absolute Gasteiger partial charge is 0.345 e. The topological polar surface area (TPSA) is 116 Å². The number of allylic oxidation sites excluding steroid dienone is 2. The number of sulfone groups is 1. The minimum Gasteiger partial charge on any atom is -0.504 e. The zero-order valence-corrected chi connectivity index (χ0v) is 16.4. The van der Waals surface area contributed by atoms with Crippen LogP contribution >= 0.6 is 23.2 Å². The minimum atomic E-state index is -4.19. The van der Waals surface area contributed by atoms with Gasteiger partial charge in [-0.25, -0.2) is 13.2 Å². The summed E-state index contributed by atoms with van der Waals surface area (Å²) in [6, 6.07) is 1.68. The maximum Gasteiger partial charge on any atom is 0.345 e. The number of carbonyl (C=O) groups excluding carboxylic acids is 1. The molecule has 0 saturated heterocycles. The largest absolute Gasteiger partial charge is 0.504 e. The van der Waals surface area contributed by atoms with Gasteiger partial charge in [-0.2, -0.15) is 4.99 Å². The number of benzene rings is 1. The number of nitrogens with zero attached hydrogens (tertiary/aromatic N) is 1. The van der Waals surface area contributed by atoms with E-state index in [1.165, 1.54) is 26.0 Å². The lowest BCUT2D eigenvalue weighted by Gasteiger charge is -2.24. The third kappa shape index (κ3) is 3.88. The van der Waals surface area contributed by atoms with Gasteiger partial charge in [0.2, 0.25) is 0 Å². The quantitative estimate of drug-likeness (QED) is 0.644. The van der Waals surface area contributed by atoms with Crippen LogP contribution in [0.3, 0.4) is 0 Å². The lowest BCUT2D eigenvalue weighted by atomic mass is 10.2. The average Bonchev–Trinajstić information content (AvgIpc) is 2.94. The molecule has 142 valence electrons. The van der Waals surface area contributed by atoms with E-state index in [4.69, 9.17) is 23.2 Å². The summed E-state index contributed by atoms with van der Waals surface area (Å²) in [6.07, 6.45) is 2.92. The number of nitrogens with one attached hydrogen (secondary N) is 1. The van der Waals surface area contributed by atoms with Gasteiger partial charge in [-0.15, -0.1) is 0 Å². The highest BCUT2D eigenvalue weighted by Gasteiger charge is 2.39. The van der Waals surface area contributed by atoms with Crippen LogP contribution in [0, 0.1) is 0 Å². The van der Waals surface area contributed by atoms with Gasteiger partial charge in [0, 0.05) is 0 Å². The van der Waals surface area contributed by atoms with Gasteiger partial charge in [0.25, 0.3) is 0 Å². The van der Waals surface area contributed by atoms with Crippen molar-refractivity contribution in [1.82, 2.24) is 0 Å². The summed E-state index contributed by atoms with van der Waals surface area (Å²) in [7, 11) is -4.19. The summed E-state index contributed by atoms with van der Waals surface area (Å²) in [5, 5.41) is 22.2. The molecule has 0 bridgehead atoms. The Morgan fingerprint density at radius 2 is 2.00 bits per heavy atom. The zero-order chi connectivity index (χ0) is 19.7. The van der Waals surface area contributed by atoms with E-state index in [2.05, 4.69) is 10.3 Å². The number of amides is 2. The highest BCUT2D eigenvalue weighted by atomic mass is 35.5. The number of anilines is 1. The normalized spacial score (nSPS) is 16.7. The maximum atomic E-state index is 12.7. The number of carbonyl (C=O) groups is 1. The standard InChI is InChI=1S/C16H18Cl2N2O5S/c1-16(2,8-21)26(24,25)14-10(18)6-7-12(13(14)22)20-15(23)19-11-5-3-4-9(11)17/h4,6-7,21-22H,3,5,8H2,1-2H3,(H,20,23)/b19-11-. The van der Waals surface area contributed by atoms with E-state index in [-0.39, 0.29) is 10.7 Å². The van der Waals surface area contributed by atoms with Crippen molar-refractivity contribution >= 4 is 50.5 Å². The number of phenolic OH excluding ortho intramolecular Hbond substituents is 1. The summed E-state index contributed by atoms with van der Waals surface area (Å²) < 4.78 is 23.8. The van der Waals surface area contributed by atoms with Gasteiger partial charge < -0.3 is 15.5 Å². The second-order valence-corrected chi connectivity index (χ2v) is 9.61. The van der Waals surface area contributed by atoms with Crippen LogP contribution in [0.15, 0.2) is 33.1 Å². The third-order valence-corrected chi connectivity index (χ3v) is 7.25. The first-order valence-electron chi connectivity index (χ1n) is 7.63. The molecule has 0 spiro atoms. The number of phenols is 1. The molecule has 0 aliphatic heterocycles. The third-order valence-electron chi connectivity index (χ3n) is 3.92. The molecule has 0 heterocycles. The summed E-state index contributed by atoms with van der Waals surface area (Å²) in [5.41, 5.74) is 0.237. The number of rotatable bonds is 4. The molecule has 0 unspecified atom stereocenters. The monoisotopic (exact) mass is 420 g/mol. The van der Waals surface area contributed by atoms with Crippen LogP contribution in [0.5, 0.6) is 5.75 Å². The second-order valence-electron chi connectivity index (χ2n) is 6.27. The van der Waals surface area contributed by atoms with Gasteiger partial charge in [0.1, 0.15) is 4.90 Å². The van der Waals surface area contributed by atoms with Crippen molar-refractivity contribution in [3.05, 3.63) is 28.3 Å². The van der Waals surface area contributed by atoms with Crippen LogP contribution in [0.25, 0.3) is 0 Å². The van der Waals surface area contributed by atoms with E-state index in [9.17, 15) is 23.4 Å². The summed E-state index contributed by atoms with van der Waals surface area (Å²) in [6.45, 7) is 1.91. The van der Waals surface area contributed by atoms with E-state index >= 15 is 0 Å². The molecule has 3 N–H and O–H groups in total. The van der Waals surface area contributed by atoms with E-state index < -0.39 is 37.9 Å². The number of aliphatic hydroxyl groups is 1. The van der Waals surface area contributed by atoms with Crippen molar-refractivity contribution < 1.29 is 23.4 Å². The van der Waals surface area contributed by atoms with Gasteiger partial charge in [-0.3, -0.25) is 0 Å². The predicted molar refractivity (Wildman–Crippen MR) is 101 cm³/mol. The first-order chi connectivity index (χ1) is 12.0. The Bertz CT molecular complexity index is 907. The van der Waals surface area contributed by atoms with Crippen molar-refractivity contribution in [2.75, 3.05) is 11.9 Å². The fourth-order valence-electron chi connectivity index (χ4n) is 2.21. The Morgan fingerprint density at radius 1 is 1.35 bits per heavy atom. The molecule has 2 rings (SSSR count). The molecule has 0 fully saturated rings. The van der Waals surface area contributed by atoms with E-state index in [0.29, 0.717) is 23.6 Å². The highest BCUT2D eigenvalue weighted by molar-refractivity contribution is 7.93. The molecule has 0 radical (unpaired) electrons. The van der Waals surface area contributed by atoms with Crippen molar-refractivity contribution in [3.63, 3.8) is 0 Å². The fraction of sp³-hybridized carbons (Fsp3) is 0.375. The van der Waals surface area contributed by atoms with Gasteiger partial charge in [0.05, 0.1) is 32.8 Å². The fourth-order valence-corrected chi connectivity index (χ4v) is 4.33. The average molecular weight is 421 g/mol. The zero-order valence-electron chi connectivity index (χ0n) is 14.1. The van der Waals surface area contributed by atoms with E-state index in [0.717, 1.165) is 0 Å². The van der Waals surface area contributed by atoms with Gasteiger partial charge in [-0.05, 0) is 38.8 Å². The molecule has 7 nitrogen and oxygen atoms in total. The van der Waals surface area contributed by atoms with Crippen LogP contribution in [0.4, 0.5) is 10.5 Å². The molecular formula is C16H18Cl2N2O5S. The number of aliphatic imine (C=N–C) groups is 1. The maximum absolute atomic E-state index is 12.7. The number of urea groups is 1. The SMILES string of the molecule is CC(C)(CO)S(=O)(=O)c1c(Cl)ccc(NC(=O)/N=C2/CCC=C2Cl)c1O. The lowest BCUT2D eigenvalue weighted by molar-refractivity contribution is 0.257. The molecule has 10 heteroatoms. The summed E-state index contributed by atoms with van der Waals surface area (Å²) in [4.78, 5) is 15.3. The molecule has 26 heavy (non-hydrogen) atoms. The second kappa shape index (κ2) is 7.56. The number of hydrogen-bond acceptors (Lipinski definition) is 5. The Hall–Kier alpha value is -1.61. The molecule has 1 aromatic rings. The van der Waals surface area contributed by atoms with Crippen LogP contribution in [0.2, 0.25) is 5.02 Å². The lowest BCUT2D eigenvalue weighted by Crippen LogP contribution is -2.36. The molecular weight excluding hydrogens is 403 g/mol. The van der Waals surface area contributed by atoms with Crippen molar-refractivity contribution in [3.8, 4) is 5.75 Å². The minimum absolute atomic E-state index is 0.172. The van der Waals surface area contributed by atoms with Crippen molar-refractivity contribution in [2.24, 2.45) is 4.99 Å². The first-order valence-corrected chi connectivity index (χ1v) is 9.86. The molecule has 2 amide bonds. The Morgan fingerprint density at radius 3 is 2.54 bits per heavy atom. The van der Waals surface area contributed by atoms with Gasteiger partial charge in [0.15, 0.2) is 15.6 Å². The molecule has 1 aliphatic carbocycles. The van der Waals surface area contributed by atoms with Crippen LogP contribution < -0.4 is 5.32 Å². The number of aliphatic hydroxyl groups excluding tert-OH is 1. The Labute approximate surface area is 161 Å². The summed E-state index contributed by atoms with van der Waals surface area (Å²) in [5.74, 6) is -0.722. The molecule has 1 aromatic carbocycles. The number of aromatic hydroxyl groups is 1. The Kier molecular flexibility index (Phi) is 6.02. The highest BCUT2D eigenvalue weighted by Crippen LogP contribution is 2.41. The summed E-state index contributed by atoms with van der Waals surface area (Å²) >= 11 is 11.9. The van der Waals surface area contributed by atoms with Gasteiger partial charge in [-0.1, -0.05) is 29.3 Å². The molecule has 1 aliphatic rings. The molecule has 0 aromatic heterocycles. The predicted octanol–water partition coefficient (Wildman–Crippen LogP) is 3.48. The molecule has 0 atom stereocenters. The van der Waals surface area contributed by atoms with E-state index in [1.54, 1.807) is 6.08 Å². The van der Waals surface area contributed by atoms with Crippen LogP contribution in [-0.2, 0) is 9.84 Å². The molecule has 0 saturated carbocycles. The van der Waals surface area contributed by atoms with Crippen molar-refractivity contribution in [1.29, 1.82) is 0 Å². The van der Waals surface area contributed by atoms with E-state index in [1.807, 2.05) is 0 Å². The number of hydrogen-bond donors (Lipinski definition) is 3. The number of halogens is 2. The van der Waals surface area contributed by atoms with Crippen LogP contribution in [0.1, 0.15) is 26.7 Å². The van der Waals surface area contributed by atoms with Crippen LogP contribution in [-0.4, -0.2) is 41.7 Å². The van der Waals surface area contributed by atoms with Crippen molar-refractivity contribution in [2.45, 2.75) is 36.3 Å².